The van der Waals surface area contributed by atoms with Gasteiger partial charge in [0.25, 0.3) is 5.56 Å². The Kier molecular flexibility index (Phi) is 6.38. The van der Waals surface area contributed by atoms with Crippen molar-refractivity contribution in [2.45, 2.75) is 45.4 Å². The van der Waals surface area contributed by atoms with Crippen molar-refractivity contribution in [3.63, 3.8) is 0 Å². The van der Waals surface area contributed by atoms with Gasteiger partial charge in [0.05, 0.1) is 5.69 Å². The average Bonchev–Trinajstić information content (AvgIpc) is 2.56. The molecule has 0 saturated heterocycles. The van der Waals surface area contributed by atoms with E-state index in [4.69, 9.17) is 0 Å². The Bertz CT molecular complexity index is 696. The number of pyridine rings is 1. The van der Waals surface area contributed by atoms with Crippen molar-refractivity contribution in [3.8, 4) is 23.4 Å². The highest BCUT2D eigenvalue weighted by Gasteiger charge is 2.02. The van der Waals surface area contributed by atoms with E-state index in [-0.39, 0.29) is 5.56 Å². The van der Waals surface area contributed by atoms with Gasteiger partial charge in [0.15, 0.2) is 0 Å². The molecule has 0 bridgehead atoms. The largest absolute Gasteiger partial charge is 0.279 e. The second-order valence-electron chi connectivity index (χ2n) is 5.14. The fourth-order valence-electron chi connectivity index (χ4n) is 2.09. The molecule has 0 saturated carbocycles. The lowest BCUT2D eigenvalue weighted by Gasteiger charge is -2.00. The minimum Gasteiger partial charge on any atom is -0.267 e. The van der Waals surface area contributed by atoms with Crippen LogP contribution in [0, 0.1) is 12.0 Å². The normalized spacial score (nSPS) is 10.0. The van der Waals surface area contributed by atoms with Crippen molar-refractivity contribution in [1.82, 2.24) is 14.8 Å². The summed E-state index contributed by atoms with van der Waals surface area (Å²) in [5.74, 6) is 3.03. The molecule has 0 unspecified atom stereocenters. The van der Waals surface area contributed by atoms with Gasteiger partial charge in [0.1, 0.15) is 5.69 Å². The van der Waals surface area contributed by atoms with Crippen LogP contribution in [0.3, 0.4) is 0 Å². The predicted molar refractivity (Wildman–Crippen MR) is 88.3 cm³/mol. The Morgan fingerprint density at radius 1 is 1.05 bits per heavy atom. The van der Waals surface area contributed by atoms with Crippen LogP contribution in [0.4, 0.5) is 0 Å². The monoisotopic (exact) mass is 295 g/mol. The first-order chi connectivity index (χ1) is 10.8. The van der Waals surface area contributed by atoms with E-state index < -0.39 is 0 Å². The van der Waals surface area contributed by atoms with E-state index >= 15 is 0 Å². The van der Waals surface area contributed by atoms with Crippen LogP contribution in [-0.4, -0.2) is 14.8 Å². The van der Waals surface area contributed by atoms with Crippen LogP contribution in [0.1, 0.15) is 45.4 Å². The maximum Gasteiger partial charge on any atom is 0.279 e. The van der Waals surface area contributed by atoms with Crippen molar-refractivity contribution in [1.29, 1.82) is 0 Å². The number of unbranched alkanes of at least 4 members (excludes halogenated alkanes) is 5. The van der Waals surface area contributed by atoms with Crippen LogP contribution in [0.15, 0.2) is 41.3 Å². The summed E-state index contributed by atoms with van der Waals surface area (Å²) in [7, 11) is 0. The predicted octanol–water partition coefficient (Wildman–Crippen LogP) is 3.47. The fraction of sp³-hybridized carbons (Fsp3) is 0.389. The van der Waals surface area contributed by atoms with Crippen LogP contribution in [-0.2, 0) is 0 Å². The van der Waals surface area contributed by atoms with Crippen LogP contribution in [0.5, 0.6) is 0 Å². The van der Waals surface area contributed by atoms with E-state index in [1.165, 1.54) is 36.4 Å². The van der Waals surface area contributed by atoms with Crippen LogP contribution in [0.2, 0.25) is 0 Å². The highest BCUT2D eigenvalue weighted by atomic mass is 16.1. The van der Waals surface area contributed by atoms with Gasteiger partial charge in [-0.1, -0.05) is 44.6 Å². The molecule has 4 heteroatoms. The molecule has 0 radical (unpaired) electrons. The van der Waals surface area contributed by atoms with Crippen molar-refractivity contribution < 1.29 is 0 Å². The van der Waals surface area contributed by atoms with E-state index in [0.717, 1.165) is 18.5 Å². The minimum atomic E-state index is -0.210. The molecule has 2 rings (SSSR count). The zero-order valence-corrected chi connectivity index (χ0v) is 13.0. The molecule has 22 heavy (non-hydrogen) atoms. The second kappa shape index (κ2) is 8.78. The molecule has 0 atom stereocenters. The van der Waals surface area contributed by atoms with Gasteiger partial charge in [-0.2, -0.15) is 9.78 Å². The van der Waals surface area contributed by atoms with Gasteiger partial charge in [-0.25, -0.2) is 0 Å². The molecular weight excluding hydrogens is 274 g/mol. The Labute approximate surface area is 131 Å². The molecule has 0 N–H and O–H groups in total. The standard InChI is InChI=1S/C18H21N3O/c1-2-3-4-5-6-7-10-15-21-18(22)13-12-17(20-21)16-11-8-9-14-19-16/h8-9,11-14H,2-7H2,1H3. The SMILES string of the molecule is CCCCCCCC#Cn1nc(-c2ccccn2)ccc1=O. The van der Waals surface area contributed by atoms with Crippen molar-refractivity contribution in [2.24, 2.45) is 0 Å². The van der Waals surface area contributed by atoms with E-state index in [9.17, 15) is 4.79 Å². The topological polar surface area (TPSA) is 47.8 Å². The molecule has 0 spiro atoms. The smallest absolute Gasteiger partial charge is 0.267 e. The molecule has 2 aromatic heterocycles. The maximum atomic E-state index is 11.8. The third-order valence-corrected chi connectivity index (χ3v) is 3.32. The first-order valence-electron chi connectivity index (χ1n) is 7.82. The molecular formula is C18H21N3O. The molecule has 4 nitrogen and oxygen atoms in total. The molecule has 0 fully saturated rings. The summed E-state index contributed by atoms with van der Waals surface area (Å²) in [6, 6.07) is 11.6. The Balaban J connectivity index is 2.01. The van der Waals surface area contributed by atoms with Crippen molar-refractivity contribution >= 4 is 0 Å². The molecule has 2 aromatic rings. The number of rotatable bonds is 6. The number of nitrogens with zero attached hydrogens (tertiary/aromatic N) is 3. The summed E-state index contributed by atoms with van der Waals surface area (Å²) in [5.41, 5.74) is 1.17. The highest BCUT2D eigenvalue weighted by Crippen LogP contribution is 2.10. The van der Waals surface area contributed by atoms with Crippen molar-refractivity contribution in [2.75, 3.05) is 0 Å². The van der Waals surface area contributed by atoms with E-state index in [2.05, 4.69) is 29.0 Å². The molecule has 2 heterocycles. The third-order valence-electron chi connectivity index (χ3n) is 3.32. The molecule has 0 aliphatic heterocycles. The van der Waals surface area contributed by atoms with Crippen molar-refractivity contribution in [3.05, 3.63) is 46.9 Å². The summed E-state index contributed by atoms with van der Waals surface area (Å²) in [5, 5.41) is 4.26. The Morgan fingerprint density at radius 2 is 1.91 bits per heavy atom. The summed E-state index contributed by atoms with van der Waals surface area (Å²) >= 11 is 0. The lowest BCUT2D eigenvalue weighted by atomic mass is 10.1. The third kappa shape index (κ3) is 4.85. The average molecular weight is 295 g/mol. The van der Waals surface area contributed by atoms with Crippen LogP contribution in [0.25, 0.3) is 11.4 Å². The first kappa shape index (κ1) is 16.0. The Morgan fingerprint density at radius 3 is 2.68 bits per heavy atom. The second-order valence-corrected chi connectivity index (χ2v) is 5.14. The van der Waals surface area contributed by atoms with E-state index in [0.29, 0.717) is 5.69 Å². The minimum absolute atomic E-state index is 0.210. The van der Waals surface area contributed by atoms with Crippen LogP contribution < -0.4 is 5.56 Å². The number of hydrogen-bond donors (Lipinski definition) is 0. The summed E-state index contributed by atoms with van der Waals surface area (Å²) in [4.78, 5) is 16.0. The lowest BCUT2D eigenvalue weighted by Crippen LogP contribution is -2.18. The van der Waals surface area contributed by atoms with Gasteiger partial charge in [-0.15, -0.1) is 0 Å². The van der Waals surface area contributed by atoms with Gasteiger partial charge in [0, 0.05) is 24.7 Å². The van der Waals surface area contributed by atoms with Gasteiger partial charge < -0.3 is 0 Å². The maximum absolute atomic E-state index is 11.8. The van der Waals surface area contributed by atoms with E-state index in [1.807, 2.05) is 18.2 Å². The quantitative estimate of drug-likeness (QED) is 0.605. The van der Waals surface area contributed by atoms with Gasteiger partial charge in [0.2, 0.25) is 0 Å². The number of aromatic nitrogens is 3. The molecule has 114 valence electrons. The number of hydrogen-bond acceptors (Lipinski definition) is 3. The van der Waals surface area contributed by atoms with Crippen LogP contribution >= 0.6 is 0 Å². The highest BCUT2D eigenvalue weighted by molar-refractivity contribution is 5.52. The fourth-order valence-corrected chi connectivity index (χ4v) is 2.09. The lowest BCUT2D eigenvalue weighted by molar-refractivity contribution is 0.640. The first-order valence-corrected chi connectivity index (χ1v) is 7.82. The van der Waals surface area contributed by atoms with E-state index in [1.54, 1.807) is 12.3 Å². The zero-order valence-electron chi connectivity index (χ0n) is 13.0. The summed E-state index contributed by atoms with van der Waals surface area (Å²) < 4.78 is 1.20. The summed E-state index contributed by atoms with van der Waals surface area (Å²) in [6.07, 6.45) is 8.54. The molecule has 0 aliphatic carbocycles. The van der Waals surface area contributed by atoms with Gasteiger partial charge in [-0.05, 0) is 24.6 Å². The van der Waals surface area contributed by atoms with Gasteiger partial charge in [-0.3, -0.25) is 9.78 Å². The zero-order chi connectivity index (χ0) is 15.6. The Hall–Kier alpha value is -2.41. The molecule has 0 aliphatic rings. The molecule has 0 aromatic carbocycles. The van der Waals surface area contributed by atoms with Gasteiger partial charge >= 0.3 is 0 Å². The summed E-state index contributed by atoms with van der Waals surface area (Å²) in [6.45, 7) is 2.20. The molecule has 0 amide bonds.